The van der Waals surface area contributed by atoms with Crippen LogP contribution in [0.1, 0.15) is 35.7 Å². The number of carbonyl (C=O) groups excluding carboxylic acids is 1. The Labute approximate surface area is 101 Å². The quantitative estimate of drug-likeness (QED) is 0.637. The van der Waals surface area contributed by atoms with Crippen LogP contribution in [0.25, 0.3) is 0 Å². The topological polar surface area (TPSA) is 52.3 Å². The Kier molecular flexibility index (Phi) is 5.29. The number of halogens is 1. The van der Waals surface area contributed by atoms with E-state index >= 15 is 0 Å². The largest absolute Gasteiger partial charge is 0.462 e. The van der Waals surface area contributed by atoms with Crippen molar-refractivity contribution in [1.29, 1.82) is 0 Å². The second-order valence-electron chi connectivity index (χ2n) is 3.50. The standard InChI is InChI=1S/C12H16ClNO2/c1-2-3-6-16-12(15)9-4-5-10(8-14)11(13)7-9/h4-5,7H,2-3,6,8,14H2,1H3. The second-order valence-corrected chi connectivity index (χ2v) is 3.91. The minimum absolute atomic E-state index is 0.334. The number of rotatable bonds is 5. The van der Waals surface area contributed by atoms with Crippen LogP contribution in [0, 0.1) is 0 Å². The molecule has 0 aliphatic heterocycles. The fourth-order valence-corrected chi connectivity index (χ4v) is 1.49. The smallest absolute Gasteiger partial charge is 0.338 e. The molecule has 1 aromatic carbocycles. The molecule has 88 valence electrons. The molecule has 0 fully saturated rings. The zero-order valence-corrected chi connectivity index (χ0v) is 10.1. The van der Waals surface area contributed by atoms with Gasteiger partial charge in [0.05, 0.1) is 12.2 Å². The van der Waals surface area contributed by atoms with E-state index in [9.17, 15) is 4.79 Å². The molecule has 0 atom stereocenters. The van der Waals surface area contributed by atoms with E-state index < -0.39 is 0 Å². The molecule has 0 bridgehead atoms. The third kappa shape index (κ3) is 3.51. The zero-order valence-electron chi connectivity index (χ0n) is 9.33. The molecule has 0 aliphatic carbocycles. The number of ether oxygens (including phenoxy) is 1. The highest BCUT2D eigenvalue weighted by molar-refractivity contribution is 6.31. The highest BCUT2D eigenvalue weighted by Crippen LogP contribution is 2.18. The van der Waals surface area contributed by atoms with Gasteiger partial charge >= 0.3 is 5.97 Å². The maximum absolute atomic E-state index is 11.6. The Balaban J connectivity index is 2.66. The van der Waals surface area contributed by atoms with Gasteiger partial charge in [-0.1, -0.05) is 31.0 Å². The van der Waals surface area contributed by atoms with E-state index in [0.29, 0.717) is 23.7 Å². The molecule has 0 saturated heterocycles. The summed E-state index contributed by atoms with van der Waals surface area (Å²) in [5.41, 5.74) is 6.77. The van der Waals surface area contributed by atoms with Gasteiger partial charge in [0.25, 0.3) is 0 Å². The molecular formula is C12H16ClNO2. The number of hydrogen-bond acceptors (Lipinski definition) is 3. The average Bonchev–Trinajstić information content (AvgIpc) is 2.29. The summed E-state index contributed by atoms with van der Waals surface area (Å²) in [6.45, 7) is 2.86. The minimum atomic E-state index is -0.334. The van der Waals surface area contributed by atoms with Crippen molar-refractivity contribution in [2.24, 2.45) is 5.73 Å². The summed E-state index contributed by atoms with van der Waals surface area (Å²) < 4.78 is 5.07. The molecule has 0 unspecified atom stereocenters. The Bertz CT molecular complexity index is 366. The van der Waals surface area contributed by atoms with E-state index in [2.05, 4.69) is 0 Å². The molecule has 0 saturated carbocycles. The van der Waals surface area contributed by atoms with Crippen molar-refractivity contribution in [3.05, 3.63) is 34.3 Å². The first-order chi connectivity index (χ1) is 7.69. The van der Waals surface area contributed by atoms with Crippen LogP contribution in [-0.4, -0.2) is 12.6 Å². The van der Waals surface area contributed by atoms with Crippen molar-refractivity contribution in [3.8, 4) is 0 Å². The van der Waals surface area contributed by atoms with Gasteiger partial charge in [0.1, 0.15) is 0 Å². The van der Waals surface area contributed by atoms with Gasteiger partial charge in [0.15, 0.2) is 0 Å². The van der Waals surface area contributed by atoms with E-state index in [1.165, 1.54) is 0 Å². The molecule has 0 heterocycles. The zero-order chi connectivity index (χ0) is 12.0. The van der Waals surface area contributed by atoms with Crippen LogP contribution >= 0.6 is 11.6 Å². The minimum Gasteiger partial charge on any atom is -0.462 e. The van der Waals surface area contributed by atoms with E-state index in [1.807, 2.05) is 6.92 Å². The van der Waals surface area contributed by atoms with Crippen LogP contribution in [0.2, 0.25) is 5.02 Å². The van der Waals surface area contributed by atoms with Crippen LogP contribution in [0.4, 0.5) is 0 Å². The first-order valence-electron chi connectivity index (χ1n) is 5.34. The summed E-state index contributed by atoms with van der Waals surface area (Å²) >= 11 is 5.95. The summed E-state index contributed by atoms with van der Waals surface area (Å²) in [6.07, 6.45) is 1.88. The number of benzene rings is 1. The van der Waals surface area contributed by atoms with Crippen LogP contribution in [-0.2, 0) is 11.3 Å². The molecule has 0 radical (unpaired) electrons. The molecule has 1 aromatic rings. The average molecular weight is 242 g/mol. The van der Waals surface area contributed by atoms with Crippen molar-refractivity contribution in [1.82, 2.24) is 0 Å². The lowest BCUT2D eigenvalue weighted by molar-refractivity contribution is 0.0500. The van der Waals surface area contributed by atoms with Crippen LogP contribution in [0.3, 0.4) is 0 Å². The summed E-state index contributed by atoms with van der Waals surface area (Å²) in [5.74, 6) is -0.334. The van der Waals surface area contributed by atoms with Gasteiger partial charge in [-0.2, -0.15) is 0 Å². The van der Waals surface area contributed by atoms with Crippen LogP contribution in [0.5, 0.6) is 0 Å². The van der Waals surface area contributed by atoms with Crippen molar-refractivity contribution in [2.45, 2.75) is 26.3 Å². The highest BCUT2D eigenvalue weighted by atomic mass is 35.5. The summed E-state index contributed by atoms with van der Waals surface area (Å²) in [7, 11) is 0. The van der Waals surface area contributed by atoms with Gasteiger partial charge in [-0.3, -0.25) is 0 Å². The normalized spacial score (nSPS) is 10.2. The lowest BCUT2D eigenvalue weighted by Crippen LogP contribution is -2.07. The van der Waals surface area contributed by atoms with Gasteiger partial charge < -0.3 is 10.5 Å². The van der Waals surface area contributed by atoms with Crippen molar-refractivity contribution in [3.63, 3.8) is 0 Å². The maximum atomic E-state index is 11.6. The summed E-state index contributed by atoms with van der Waals surface area (Å²) in [5, 5.41) is 0.507. The molecule has 0 aliphatic rings. The van der Waals surface area contributed by atoms with Crippen LogP contribution in [0.15, 0.2) is 18.2 Å². The number of nitrogens with two attached hydrogens (primary N) is 1. The predicted octanol–water partition coefficient (Wildman–Crippen LogP) is 2.76. The van der Waals surface area contributed by atoms with Gasteiger partial charge in [-0.05, 0) is 24.1 Å². The molecule has 3 nitrogen and oxygen atoms in total. The maximum Gasteiger partial charge on any atom is 0.338 e. The first kappa shape index (κ1) is 13.0. The molecule has 0 spiro atoms. The molecule has 1 rings (SSSR count). The molecule has 2 N–H and O–H groups in total. The Morgan fingerprint density at radius 2 is 2.25 bits per heavy atom. The fraction of sp³-hybridized carbons (Fsp3) is 0.417. The lowest BCUT2D eigenvalue weighted by Gasteiger charge is -2.06. The van der Waals surface area contributed by atoms with Gasteiger partial charge in [0.2, 0.25) is 0 Å². The molecule has 0 aromatic heterocycles. The predicted molar refractivity (Wildman–Crippen MR) is 64.5 cm³/mol. The number of hydrogen-bond donors (Lipinski definition) is 1. The molecule has 16 heavy (non-hydrogen) atoms. The Morgan fingerprint density at radius 1 is 1.50 bits per heavy atom. The molecule has 0 amide bonds. The first-order valence-corrected chi connectivity index (χ1v) is 5.72. The van der Waals surface area contributed by atoms with Gasteiger partial charge in [-0.25, -0.2) is 4.79 Å². The summed E-state index contributed by atoms with van der Waals surface area (Å²) in [6, 6.07) is 5.03. The highest BCUT2D eigenvalue weighted by Gasteiger charge is 2.08. The van der Waals surface area contributed by atoms with Crippen molar-refractivity contribution in [2.75, 3.05) is 6.61 Å². The van der Waals surface area contributed by atoms with Gasteiger partial charge in [0, 0.05) is 11.6 Å². The number of esters is 1. The monoisotopic (exact) mass is 241 g/mol. The second kappa shape index (κ2) is 6.51. The number of unbranched alkanes of at least 4 members (excludes halogenated alkanes) is 1. The third-order valence-corrected chi connectivity index (χ3v) is 2.59. The SMILES string of the molecule is CCCCOC(=O)c1ccc(CN)c(Cl)c1. The van der Waals surface area contributed by atoms with Crippen molar-refractivity contribution < 1.29 is 9.53 Å². The van der Waals surface area contributed by atoms with E-state index in [4.69, 9.17) is 22.1 Å². The lowest BCUT2D eigenvalue weighted by atomic mass is 10.1. The van der Waals surface area contributed by atoms with E-state index in [-0.39, 0.29) is 5.97 Å². The summed E-state index contributed by atoms with van der Waals surface area (Å²) in [4.78, 5) is 11.6. The van der Waals surface area contributed by atoms with E-state index in [0.717, 1.165) is 18.4 Å². The number of carbonyl (C=O) groups is 1. The van der Waals surface area contributed by atoms with Crippen LogP contribution < -0.4 is 5.73 Å². The van der Waals surface area contributed by atoms with Crippen molar-refractivity contribution >= 4 is 17.6 Å². The Morgan fingerprint density at radius 3 is 2.81 bits per heavy atom. The van der Waals surface area contributed by atoms with Gasteiger partial charge in [-0.15, -0.1) is 0 Å². The Hall–Kier alpha value is -1.06. The van der Waals surface area contributed by atoms with E-state index in [1.54, 1.807) is 18.2 Å². The third-order valence-electron chi connectivity index (χ3n) is 2.24. The molecular weight excluding hydrogens is 226 g/mol. The fourth-order valence-electron chi connectivity index (χ4n) is 1.23. The molecule has 4 heteroatoms.